The first-order chi connectivity index (χ1) is 6.61. The van der Waals surface area contributed by atoms with Crippen LogP contribution in [0.5, 0.6) is 0 Å². The van der Waals surface area contributed by atoms with E-state index >= 15 is 0 Å². The average molecular weight is 195 g/mol. The normalized spacial score (nSPS) is 10.6. The Morgan fingerprint density at radius 1 is 1.57 bits per heavy atom. The fourth-order valence-corrected chi connectivity index (χ4v) is 1.19. The minimum absolute atomic E-state index is 0.0445. The van der Waals surface area contributed by atoms with Crippen molar-refractivity contribution in [1.29, 1.82) is 0 Å². The Labute approximate surface area is 84.5 Å². The van der Waals surface area contributed by atoms with Crippen LogP contribution in [-0.4, -0.2) is 12.5 Å². The van der Waals surface area contributed by atoms with Crippen molar-refractivity contribution >= 4 is 5.91 Å². The largest absolute Gasteiger partial charge is 0.469 e. The predicted octanol–water partition coefficient (Wildman–Crippen LogP) is 2.36. The van der Waals surface area contributed by atoms with Gasteiger partial charge in [-0.05, 0) is 25.3 Å². The van der Waals surface area contributed by atoms with Crippen molar-refractivity contribution < 1.29 is 9.21 Å². The van der Waals surface area contributed by atoms with Crippen LogP contribution in [0.4, 0.5) is 0 Å². The van der Waals surface area contributed by atoms with Crippen LogP contribution < -0.4 is 5.32 Å². The number of hydrogen-bond donors (Lipinski definition) is 1. The molecule has 0 saturated heterocycles. The molecule has 3 nitrogen and oxygen atoms in total. The van der Waals surface area contributed by atoms with Crippen LogP contribution in [0.1, 0.15) is 36.4 Å². The zero-order valence-corrected chi connectivity index (χ0v) is 8.96. The van der Waals surface area contributed by atoms with E-state index < -0.39 is 0 Å². The zero-order chi connectivity index (χ0) is 10.6. The van der Waals surface area contributed by atoms with Gasteiger partial charge in [-0.2, -0.15) is 0 Å². The molecule has 1 aromatic rings. The summed E-state index contributed by atoms with van der Waals surface area (Å²) in [7, 11) is 0. The SMILES string of the molecule is Cc1occc1C(=O)NCCC(C)C. The molecule has 14 heavy (non-hydrogen) atoms. The lowest BCUT2D eigenvalue weighted by Gasteiger charge is -2.06. The lowest BCUT2D eigenvalue weighted by molar-refractivity contribution is 0.0950. The average Bonchev–Trinajstić information content (AvgIpc) is 2.50. The number of carbonyl (C=O) groups excluding carboxylic acids is 1. The van der Waals surface area contributed by atoms with Crippen molar-refractivity contribution in [2.75, 3.05) is 6.54 Å². The molecule has 1 rings (SSSR count). The molecular formula is C11H17NO2. The second-order valence-corrected chi connectivity index (χ2v) is 3.83. The Hall–Kier alpha value is -1.25. The zero-order valence-electron chi connectivity index (χ0n) is 8.96. The van der Waals surface area contributed by atoms with Crippen molar-refractivity contribution in [3.8, 4) is 0 Å². The van der Waals surface area contributed by atoms with Gasteiger partial charge in [-0.25, -0.2) is 0 Å². The van der Waals surface area contributed by atoms with Crippen molar-refractivity contribution in [1.82, 2.24) is 5.32 Å². The molecule has 3 heteroatoms. The van der Waals surface area contributed by atoms with E-state index in [0.29, 0.717) is 17.2 Å². The van der Waals surface area contributed by atoms with Gasteiger partial charge in [-0.15, -0.1) is 0 Å². The number of hydrogen-bond acceptors (Lipinski definition) is 2. The molecule has 0 radical (unpaired) electrons. The molecule has 0 fully saturated rings. The van der Waals surface area contributed by atoms with E-state index in [-0.39, 0.29) is 5.91 Å². The molecule has 0 saturated carbocycles. The Morgan fingerprint density at radius 2 is 2.29 bits per heavy atom. The van der Waals surface area contributed by atoms with Gasteiger partial charge in [0.1, 0.15) is 5.76 Å². The molecule has 0 unspecified atom stereocenters. The molecule has 1 amide bonds. The van der Waals surface area contributed by atoms with Gasteiger partial charge in [-0.3, -0.25) is 4.79 Å². The summed E-state index contributed by atoms with van der Waals surface area (Å²) in [6.45, 7) is 6.78. The minimum atomic E-state index is -0.0445. The summed E-state index contributed by atoms with van der Waals surface area (Å²) in [5.74, 6) is 1.24. The third-order valence-corrected chi connectivity index (χ3v) is 2.11. The molecule has 0 bridgehead atoms. The third kappa shape index (κ3) is 2.91. The van der Waals surface area contributed by atoms with E-state index in [9.17, 15) is 4.79 Å². The maximum Gasteiger partial charge on any atom is 0.254 e. The second kappa shape index (κ2) is 4.84. The van der Waals surface area contributed by atoms with Crippen LogP contribution in [0.25, 0.3) is 0 Å². The summed E-state index contributed by atoms with van der Waals surface area (Å²) < 4.78 is 5.05. The molecule has 0 aliphatic rings. The smallest absolute Gasteiger partial charge is 0.254 e. The fraction of sp³-hybridized carbons (Fsp3) is 0.545. The van der Waals surface area contributed by atoms with E-state index in [1.165, 1.54) is 6.26 Å². The van der Waals surface area contributed by atoms with Crippen LogP contribution in [0.2, 0.25) is 0 Å². The van der Waals surface area contributed by atoms with E-state index in [1.807, 2.05) is 0 Å². The highest BCUT2D eigenvalue weighted by Crippen LogP contribution is 2.08. The minimum Gasteiger partial charge on any atom is -0.469 e. The molecule has 0 spiro atoms. The van der Waals surface area contributed by atoms with Crippen LogP contribution >= 0.6 is 0 Å². The van der Waals surface area contributed by atoms with E-state index in [0.717, 1.165) is 13.0 Å². The van der Waals surface area contributed by atoms with Crippen LogP contribution in [0.15, 0.2) is 16.7 Å². The van der Waals surface area contributed by atoms with Crippen molar-refractivity contribution in [3.63, 3.8) is 0 Å². The van der Waals surface area contributed by atoms with Crippen LogP contribution in [0.3, 0.4) is 0 Å². The molecule has 0 aromatic carbocycles. The first kappa shape index (κ1) is 10.8. The summed E-state index contributed by atoms with van der Waals surface area (Å²) in [6, 6.07) is 1.69. The summed E-state index contributed by atoms with van der Waals surface area (Å²) in [5, 5.41) is 2.86. The van der Waals surface area contributed by atoms with Gasteiger partial charge in [0, 0.05) is 6.54 Å². The quantitative estimate of drug-likeness (QED) is 0.801. The Kier molecular flexibility index (Phi) is 3.74. The molecule has 0 aliphatic carbocycles. The Morgan fingerprint density at radius 3 is 2.79 bits per heavy atom. The highest BCUT2D eigenvalue weighted by atomic mass is 16.3. The monoisotopic (exact) mass is 195 g/mol. The van der Waals surface area contributed by atoms with Gasteiger partial charge in [0.05, 0.1) is 11.8 Å². The summed E-state index contributed by atoms with van der Waals surface area (Å²) >= 11 is 0. The van der Waals surface area contributed by atoms with Crippen molar-refractivity contribution in [2.24, 2.45) is 5.92 Å². The number of carbonyl (C=O) groups is 1. The van der Waals surface area contributed by atoms with E-state index in [2.05, 4.69) is 19.2 Å². The molecule has 0 aliphatic heterocycles. The van der Waals surface area contributed by atoms with Gasteiger partial charge >= 0.3 is 0 Å². The number of rotatable bonds is 4. The first-order valence-corrected chi connectivity index (χ1v) is 4.93. The molecule has 1 N–H and O–H groups in total. The maximum atomic E-state index is 11.5. The highest BCUT2D eigenvalue weighted by Gasteiger charge is 2.10. The third-order valence-electron chi connectivity index (χ3n) is 2.11. The maximum absolute atomic E-state index is 11.5. The van der Waals surface area contributed by atoms with Crippen molar-refractivity contribution in [3.05, 3.63) is 23.7 Å². The van der Waals surface area contributed by atoms with E-state index in [4.69, 9.17) is 4.42 Å². The number of aryl methyl sites for hydroxylation is 1. The second-order valence-electron chi connectivity index (χ2n) is 3.83. The van der Waals surface area contributed by atoms with Gasteiger partial charge in [0.15, 0.2) is 0 Å². The highest BCUT2D eigenvalue weighted by molar-refractivity contribution is 5.94. The molecular weight excluding hydrogens is 178 g/mol. The van der Waals surface area contributed by atoms with Gasteiger partial charge < -0.3 is 9.73 Å². The fourth-order valence-electron chi connectivity index (χ4n) is 1.19. The van der Waals surface area contributed by atoms with Gasteiger partial charge in [-0.1, -0.05) is 13.8 Å². The summed E-state index contributed by atoms with van der Waals surface area (Å²) in [6.07, 6.45) is 2.54. The van der Waals surface area contributed by atoms with Crippen molar-refractivity contribution in [2.45, 2.75) is 27.2 Å². The molecule has 0 atom stereocenters. The Bertz CT molecular complexity index is 302. The summed E-state index contributed by atoms with van der Waals surface area (Å²) in [5.41, 5.74) is 0.633. The van der Waals surface area contributed by atoms with Gasteiger partial charge in [0.2, 0.25) is 0 Å². The first-order valence-electron chi connectivity index (χ1n) is 4.93. The molecule has 1 aromatic heterocycles. The Balaban J connectivity index is 2.40. The molecule has 78 valence electrons. The molecule has 1 heterocycles. The van der Waals surface area contributed by atoms with Crippen LogP contribution in [-0.2, 0) is 0 Å². The number of furan rings is 1. The topological polar surface area (TPSA) is 42.2 Å². The standard InChI is InChI=1S/C11H17NO2/c1-8(2)4-6-12-11(13)10-5-7-14-9(10)3/h5,7-8H,4,6H2,1-3H3,(H,12,13). The lowest BCUT2D eigenvalue weighted by atomic mass is 10.1. The lowest BCUT2D eigenvalue weighted by Crippen LogP contribution is -2.25. The van der Waals surface area contributed by atoms with E-state index in [1.54, 1.807) is 13.0 Å². The van der Waals surface area contributed by atoms with Gasteiger partial charge in [0.25, 0.3) is 5.91 Å². The summed E-state index contributed by atoms with van der Waals surface area (Å²) in [4.78, 5) is 11.5. The number of nitrogens with one attached hydrogen (secondary N) is 1. The van der Waals surface area contributed by atoms with Crippen LogP contribution in [0, 0.1) is 12.8 Å². The number of amides is 1. The predicted molar refractivity (Wildman–Crippen MR) is 55.2 cm³/mol.